The molecule has 0 spiro atoms. The van der Waals surface area contributed by atoms with Gasteiger partial charge in [0.1, 0.15) is 9.88 Å². The van der Waals surface area contributed by atoms with Crippen LogP contribution in [0.2, 0.25) is 0 Å². The Hall–Kier alpha value is -2.29. The highest BCUT2D eigenvalue weighted by atomic mass is 32.1. The van der Waals surface area contributed by atoms with E-state index < -0.39 is 0 Å². The topological polar surface area (TPSA) is 68.8 Å². The van der Waals surface area contributed by atoms with E-state index in [4.69, 9.17) is 0 Å². The van der Waals surface area contributed by atoms with E-state index in [1.54, 1.807) is 0 Å². The van der Waals surface area contributed by atoms with Gasteiger partial charge in [-0.3, -0.25) is 14.5 Å². The summed E-state index contributed by atoms with van der Waals surface area (Å²) >= 11 is 1.48. The van der Waals surface area contributed by atoms with Crippen LogP contribution in [0.25, 0.3) is 10.6 Å². The van der Waals surface area contributed by atoms with Crippen LogP contribution in [0.5, 0.6) is 0 Å². The number of likely N-dealkylation sites (N-methyl/N-ethyl adjacent to an activating group) is 1. The molecule has 8 heteroatoms. The van der Waals surface area contributed by atoms with Crippen molar-refractivity contribution in [2.75, 3.05) is 59.4 Å². The standard InChI is InChI=1S/C26H37N5O2S/c1-19-4-6-22(7-5-19)25-28-20(2)24(34-25)26(33)31-11-8-21(9-12-31)18-23(32)27-10-13-30-16-14-29(3)15-17-30/h4-7,21H,8-18H2,1-3H3,(H,27,32). The number of amides is 2. The molecular weight excluding hydrogens is 446 g/mol. The van der Waals surface area contributed by atoms with Crippen molar-refractivity contribution in [3.05, 3.63) is 40.4 Å². The molecule has 2 aromatic rings. The summed E-state index contributed by atoms with van der Waals surface area (Å²) in [5.41, 5.74) is 3.06. The molecule has 0 atom stereocenters. The van der Waals surface area contributed by atoms with Gasteiger partial charge in [-0.2, -0.15) is 0 Å². The number of benzene rings is 1. The molecule has 3 heterocycles. The summed E-state index contributed by atoms with van der Waals surface area (Å²) in [5.74, 6) is 0.557. The van der Waals surface area contributed by atoms with Crippen LogP contribution in [0.15, 0.2) is 24.3 Å². The largest absolute Gasteiger partial charge is 0.355 e. The van der Waals surface area contributed by atoms with Crippen LogP contribution < -0.4 is 5.32 Å². The zero-order chi connectivity index (χ0) is 24.1. The Morgan fingerprint density at radius 3 is 2.38 bits per heavy atom. The van der Waals surface area contributed by atoms with Gasteiger partial charge in [-0.25, -0.2) is 4.98 Å². The highest BCUT2D eigenvalue weighted by Gasteiger charge is 2.27. The molecule has 2 aliphatic heterocycles. The Morgan fingerprint density at radius 2 is 1.71 bits per heavy atom. The predicted molar refractivity (Wildman–Crippen MR) is 137 cm³/mol. The third-order valence-corrected chi connectivity index (χ3v) is 8.21. The third-order valence-electron chi connectivity index (χ3n) is 7.01. The molecule has 4 rings (SSSR count). The lowest BCUT2D eigenvalue weighted by molar-refractivity contribution is -0.122. The summed E-state index contributed by atoms with van der Waals surface area (Å²) in [6.07, 6.45) is 2.31. The first kappa shape index (κ1) is 24.8. The fourth-order valence-electron chi connectivity index (χ4n) is 4.66. The van der Waals surface area contributed by atoms with E-state index in [1.807, 2.05) is 11.8 Å². The molecule has 0 unspecified atom stereocenters. The summed E-state index contributed by atoms with van der Waals surface area (Å²) in [6.45, 7) is 11.4. The Bertz CT molecular complexity index is 974. The van der Waals surface area contributed by atoms with Gasteiger partial charge in [-0.1, -0.05) is 29.8 Å². The maximum absolute atomic E-state index is 13.2. The van der Waals surface area contributed by atoms with Crippen molar-refractivity contribution >= 4 is 23.2 Å². The lowest BCUT2D eigenvalue weighted by Crippen LogP contribution is -2.47. The molecule has 1 aromatic carbocycles. The number of piperidine rings is 1. The van der Waals surface area contributed by atoms with Crippen molar-refractivity contribution in [2.45, 2.75) is 33.1 Å². The second-order valence-electron chi connectivity index (χ2n) is 9.73. The Morgan fingerprint density at radius 1 is 1.03 bits per heavy atom. The van der Waals surface area contributed by atoms with Crippen LogP contribution in [0.4, 0.5) is 0 Å². The van der Waals surface area contributed by atoms with E-state index in [9.17, 15) is 9.59 Å². The fraction of sp³-hybridized carbons (Fsp3) is 0.577. The van der Waals surface area contributed by atoms with Crippen molar-refractivity contribution in [3.8, 4) is 10.6 Å². The smallest absolute Gasteiger partial charge is 0.265 e. The first-order valence-corrected chi connectivity index (χ1v) is 13.2. The number of hydrogen-bond donors (Lipinski definition) is 1. The van der Waals surface area contributed by atoms with Gasteiger partial charge in [-0.15, -0.1) is 11.3 Å². The molecule has 34 heavy (non-hydrogen) atoms. The van der Waals surface area contributed by atoms with Crippen molar-refractivity contribution in [2.24, 2.45) is 5.92 Å². The van der Waals surface area contributed by atoms with Crippen molar-refractivity contribution in [3.63, 3.8) is 0 Å². The first-order chi connectivity index (χ1) is 16.4. The second-order valence-corrected chi connectivity index (χ2v) is 10.7. The Labute approximate surface area is 207 Å². The van der Waals surface area contributed by atoms with Crippen LogP contribution in [0.3, 0.4) is 0 Å². The molecule has 0 aliphatic carbocycles. The highest BCUT2D eigenvalue weighted by Crippen LogP contribution is 2.30. The zero-order valence-electron chi connectivity index (χ0n) is 20.7. The first-order valence-electron chi connectivity index (χ1n) is 12.4. The van der Waals surface area contributed by atoms with E-state index in [1.165, 1.54) is 16.9 Å². The number of rotatable bonds is 7. The fourth-order valence-corrected chi connectivity index (χ4v) is 5.70. The van der Waals surface area contributed by atoms with E-state index in [-0.39, 0.29) is 11.8 Å². The minimum Gasteiger partial charge on any atom is -0.355 e. The van der Waals surface area contributed by atoms with Crippen LogP contribution in [0, 0.1) is 19.8 Å². The van der Waals surface area contributed by atoms with E-state index in [0.29, 0.717) is 32.0 Å². The molecule has 184 valence electrons. The Balaban J connectivity index is 1.21. The number of hydrogen-bond acceptors (Lipinski definition) is 6. The number of likely N-dealkylation sites (tertiary alicyclic amines) is 1. The number of aromatic nitrogens is 1. The average Bonchev–Trinajstić information content (AvgIpc) is 3.22. The van der Waals surface area contributed by atoms with Gasteiger partial charge in [0.05, 0.1) is 5.69 Å². The number of aryl methyl sites for hydroxylation is 2. The summed E-state index contributed by atoms with van der Waals surface area (Å²) in [7, 11) is 2.15. The van der Waals surface area contributed by atoms with E-state index >= 15 is 0 Å². The molecule has 1 N–H and O–H groups in total. The number of piperazine rings is 1. The number of nitrogens with one attached hydrogen (secondary N) is 1. The van der Waals surface area contributed by atoms with Crippen LogP contribution >= 0.6 is 11.3 Å². The minimum absolute atomic E-state index is 0.0726. The van der Waals surface area contributed by atoms with Crippen LogP contribution in [-0.4, -0.2) is 90.9 Å². The Kier molecular flexibility index (Phi) is 8.34. The number of nitrogens with zero attached hydrogens (tertiary/aromatic N) is 4. The van der Waals surface area contributed by atoms with Crippen LogP contribution in [-0.2, 0) is 4.79 Å². The third kappa shape index (κ3) is 6.43. The second kappa shape index (κ2) is 11.4. The van der Waals surface area contributed by atoms with Gasteiger partial charge < -0.3 is 15.1 Å². The molecule has 2 fully saturated rings. The average molecular weight is 484 g/mol. The van der Waals surface area contributed by atoms with Gasteiger partial charge >= 0.3 is 0 Å². The molecule has 0 saturated carbocycles. The minimum atomic E-state index is 0.0726. The normalized spacial score (nSPS) is 18.3. The molecule has 1 aromatic heterocycles. The van der Waals surface area contributed by atoms with Gasteiger partial charge in [0.2, 0.25) is 5.91 Å². The molecule has 2 aliphatic rings. The van der Waals surface area contributed by atoms with Crippen LogP contribution in [0.1, 0.15) is 40.2 Å². The molecule has 0 radical (unpaired) electrons. The maximum atomic E-state index is 13.2. The predicted octanol–water partition coefficient (Wildman–Crippen LogP) is 3.03. The van der Waals surface area contributed by atoms with Gasteiger partial charge in [0.25, 0.3) is 5.91 Å². The van der Waals surface area contributed by atoms with Gasteiger partial charge in [-0.05, 0) is 39.7 Å². The van der Waals surface area contributed by atoms with Crippen molar-refractivity contribution in [1.82, 2.24) is 25.0 Å². The molecule has 2 amide bonds. The monoisotopic (exact) mass is 483 g/mol. The number of carbonyl (C=O) groups is 2. The molecular formula is C26H37N5O2S. The summed E-state index contributed by atoms with van der Waals surface area (Å²) < 4.78 is 0. The van der Waals surface area contributed by atoms with Gasteiger partial charge in [0.15, 0.2) is 0 Å². The highest BCUT2D eigenvalue weighted by molar-refractivity contribution is 7.17. The number of carbonyl (C=O) groups excluding carboxylic acids is 2. The van der Waals surface area contributed by atoms with Crippen molar-refractivity contribution in [1.29, 1.82) is 0 Å². The summed E-state index contributed by atoms with van der Waals surface area (Å²) in [6, 6.07) is 8.26. The summed E-state index contributed by atoms with van der Waals surface area (Å²) in [5, 5.41) is 3.99. The SMILES string of the molecule is Cc1ccc(-c2nc(C)c(C(=O)N3CCC(CC(=O)NCCN4CCN(C)CC4)CC3)s2)cc1. The molecule has 2 saturated heterocycles. The molecule has 7 nitrogen and oxygen atoms in total. The molecule has 0 bridgehead atoms. The lowest BCUT2D eigenvalue weighted by Gasteiger charge is -2.32. The maximum Gasteiger partial charge on any atom is 0.265 e. The number of thiazole rings is 1. The quantitative estimate of drug-likeness (QED) is 0.656. The van der Waals surface area contributed by atoms with E-state index in [0.717, 1.165) is 66.7 Å². The lowest BCUT2D eigenvalue weighted by atomic mass is 9.93. The summed E-state index contributed by atoms with van der Waals surface area (Å²) in [4.78, 5) is 37.7. The van der Waals surface area contributed by atoms with E-state index in [2.05, 4.69) is 58.3 Å². The zero-order valence-corrected chi connectivity index (χ0v) is 21.5. The van der Waals surface area contributed by atoms with Gasteiger partial charge in [0, 0.05) is 64.3 Å². The van der Waals surface area contributed by atoms with Crippen molar-refractivity contribution < 1.29 is 9.59 Å².